The molecule has 4 rings (SSSR count). The van der Waals surface area contributed by atoms with Crippen LogP contribution in [0.25, 0.3) is 21.9 Å². The molecule has 0 saturated carbocycles. The van der Waals surface area contributed by atoms with Gasteiger partial charge in [-0.05, 0) is 38.4 Å². The van der Waals surface area contributed by atoms with Gasteiger partial charge in [0.2, 0.25) is 0 Å². The fourth-order valence-corrected chi connectivity index (χ4v) is 3.62. The first kappa shape index (κ1) is 13.7. The molecule has 1 saturated heterocycles. The Morgan fingerprint density at radius 1 is 1.14 bits per heavy atom. The Hall–Kier alpha value is -1.94. The van der Waals surface area contributed by atoms with Gasteiger partial charge >= 0.3 is 0 Å². The predicted octanol–water partition coefficient (Wildman–Crippen LogP) is 3.55. The Kier molecular flexibility index (Phi) is 3.34. The van der Waals surface area contributed by atoms with Crippen LogP contribution in [-0.4, -0.2) is 39.1 Å². The van der Waals surface area contributed by atoms with Gasteiger partial charge in [0.15, 0.2) is 0 Å². The summed E-state index contributed by atoms with van der Waals surface area (Å²) in [5, 5.41) is 1.23. The lowest BCUT2D eigenvalue weighted by Crippen LogP contribution is -2.34. The van der Waals surface area contributed by atoms with Crippen molar-refractivity contribution >= 4 is 21.9 Å². The number of benzene rings is 1. The molecule has 3 heterocycles. The highest BCUT2D eigenvalue weighted by atomic mass is 15.2. The Morgan fingerprint density at radius 3 is 2.73 bits per heavy atom. The van der Waals surface area contributed by atoms with Gasteiger partial charge < -0.3 is 9.47 Å². The van der Waals surface area contributed by atoms with Crippen LogP contribution in [0.15, 0.2) is 30.7 Å². The van der Waals surface area contributed by atoms with Crippen LogP contribution in [0, 0.1) is 6.92 Å². The van der Waals surface area contributed by atoms with Gasteiger partial charge in [-0.1, -0.05) is 18.6 Å². The zero-order valence-corrected chi connectivity index (χ0v) is 13.3. The number of nitrogens with zero attached hydrogens (tertiary/aromatic N) is 4. The number of rotatable bonds is 2. The number of aromatic nitrogens is 3. The number of hydrogen-bond acceptors (Lipinski definition) is 3. The molecule has 4 heteroatoms. The van der Waals surface area contributed by atoms with Crippen molar-refractivity contribution in [1.29, 1.82) is 0 Å². The number of likely N-dealkylation sites (tertiary alicyclic amines) is 1. The van der Waals surface area contributed by atoms with Crippen LogP contribution in [0.3, 0.4) is 0 Å². The summed E-state index contributed by atoms with van der Waals surface area (Å²) in [5.41, 5.74) is 4.60. The normalized spacial score (nSPS) is 17.5. The average molecular weight is 294 g/mol. The summed E-state index contributed by atoms with van der Waals surface area (Å²) < 4.78 is 2.39. The molecule has 0 amide bonds. The molecule has 0 aliphatic carbocycles. The number of imidazole rings is 1. The molecule has 114 valence electrons. The molecule has 1 fully saturated rings. The third kappa shape index (κ3) is 2.18. The second-order valence-electron chi connectivity index (χ2n) is 6.33. The van der Waals surface area contributed by atoms with Gasteiger partial charge in [0.25, 0.3) is 0 Å². The standard InChI is InChI=1S/C18H22N4/c1-3-21-8-6-14(7-9-21)22-12-20-17-11-19-16-5-4-13(2)10-15(16)18(17)22/h4-5,10-12,14H,3,6-9H2,1-2H3. The van der Waals surface area contributed by atoms with Crippen LogP contribution in [0.4, 0.5) is 0 Å². The molecule has 0 radical (unpaired) electrons. The van der Waals surface area contributed by atoms with Gasteiger partial charge in [-0.25, -0.2) is 4.98 Å². The average Bonchev–Trinajstić information content (AvgIpc) is 2.99. The van der Waals surface area contributed by atoms with Crippen molar-refractivity contribution in [2.45, 2.75) is 32.7 Å². The minimum absolute atomic E-state index is 0.555. The molecule has 4 nitrogen and oxygen atoms in total. The highest BCUT2D eigenvalue weighted by Crippen LogP contribution is 2.30. The van der Waals surface area contributed by atoms with Crippen molar-refractivity contribution in [1.82, 2.24) is 19.4 Å². The summed E-state index contributed by atoms with van der Waals surface area (Å²) in [6.45, 7) is 7.91. The van der Waals surface area contributed by atoms with E-state index in [1.165, 1.54) is 42.4 Å². The van der Waals surface area contributed by atoms with Crippen LogP contribution in [0.2, 0.25) is 0 Å². The molecule has 1 aliphatic rings. The number of pyridine rings is 1. The maximum atomic E-state index is 4.60. The predicted molar refractivity (Wildman–Crippen MR) is 90.2 cm³/mol. The molecular formula is C18H22N4. The van der Waals surface area contributed by atoms with Crippen LogP contribution in [0.1, 0.15) is 31.4 Å². The van der Waals surface area contributed by atoms with Crippen molar-refractivity contribution < 1.29 is 0 Å². The lowest BCUT2D eigenvalue weighted by Gasteiger charge is -2.32. The quantitative estimate of drug-likeness (QED) is 0.725. The fourth-order valence-electron chi connectivity index (χ4n) is 3.62. The van der Waals surface area contributed by atoms with E-state index in [4.69, 9.17) is 0 Å². The first-order chi connectivity index (χ1) is 10.8. The van der Waals surface area contributed by atoms with E-state index in [-0.39, 0.29) is 0 Å². The largest absolute Gasteiger partial charge is 0.327 e. The summed E-state index contributed by atoms with van der Waals surface area (Å²) in [6, 6.07) is 7.03. The van der Waals surface area contributed by atoms with Crippen molar-refractivity contribution in [2.24, 2.45) is 0 Å². The molecule has 2 aromatic heterocycles. The van der Waals surface area contributed by atoms with E-state index in [2.05, 4.69) is 51.5 Å². The summed E-state index contributed by atoms with van der Waals surface area (Å²) in [6.07, 6.45) is 6.33. The maximum Gasteiger partial charge on any atom is 0.107 e. The van der Waals surface area contributed by atoms with Crippen LogP contribution in [0.5, 0.6) is 0 Å². The smallest absolute Gasteiger partial charge is 0.107 e. The molecule has 0 spiro atoms. The van der Waals surface area contributed by atoms with E-state index in [1.54, 1.807) is 0 Å². The van der Waals surface area contributed by atoms with E-state index in [9.17, 15) is 0 Å². The minimum atomic E-state index is 0.555. The molecule has 1 aromatic carbocycles. The summed E-state index contributed by atoms with van der Waals surface area (Å²) in [4.78, 5) is 11.7. The summed E-state index contributed by atoms with van der Waals surface area (Å²) in [5.74, 6) is 0. The van der Waals surface area contributed by atoms with Gasteiger partial charge in [-0.3, -0.25) is 4.98 Å². The number of piperidine rings is 1. The van der Waals surface area contributed by atoms with E-state index in [0.717, 1.165) is 17.6 Å². The lowest BCUT2D eigenvalue weighted by molar-refractivity contribution is 0.196. The third-order valence-corrected chi connectivity index (χ3v) is 4.95. The monoisotopic (exact) mass is 294 g/mol. The van der Waals surface area contributed by atoms with Crippen molar-refractivity contribution in [2.75, 3.05) is 19.6 Å². The maximum absolute atomic E-state index is 4.60. The highest BCUT2D eigenvalue weighted by molar-refractivity contribution is 6.02. The van der Waals surface area contributed by atoms with Gasteiger partial charge in [-0.2, -0.15) is 0 Å². The zero-order valence-electron chi connectivity index (χ0n) is 13.3. The molecule has 0 bridgehead atoms. The van der Waals surface area contributed by atoms with E-state index in [1.807, 2.05) is 12.5 Å². The van der Waals surface area contributed by atoms with E-state index >= 15 is 0 Å². The van der Waals surface area contributed by atoms with E-state index in [0.29, 0.717) is 6.04 Å². The first-order valence-corrected chi connectivity index (χ1v) is 8.20. The third-order valence-electron chi connectivity index (χ3n) is 4.95. The number of hydrogen-bond donors (Lipinski definition) is 0. The topological polar surface area (TPSA) is 34.0 Å². The molecular weight excluding hydrogens is 272 g/mol. The lowest BCUT2D eigenvalue weighted by atomic mass is 10.0. The highest BCUT2D eigenvalue weighted by Gasteiger charge is 2.21. The number of fused-ring (bicyclic) bond motifs is 3. The van der Waals surface area contributed by atoms with Crippen LogP contribution < -0.4 is 0 Å². The minimum Gasteiger partial charge on any atom is -0.327 e. The molecule has 0 atom stereocenters. The Labute approximate surface area is 130 Å². The number of aryl methyl sites for hydroxylation is 1. The Balaban J connectivity index is 1.83. The Morgan fingerprint density at radius 2 is 1.95 bits per heavy atom. The molecule has 0 N–H and O–H groups in total. The molecule has 0 unspecified atom stereocenters. The van der Waals surface area contributed by atoms with Crippen molar-refractivity contribution in [3.63, 3.8) is 0 Å². The van der Waals surface area contributed by atoms with Gasteiger partial charge in [0.1, 0.15) is 5.52 Å². The molecule has 1 aliphatic heterocycles. The van der Waals surface area contributed by atoms with E-state index < -0.39 is 0 Å². The SMILES string of the molecule is CCN1CCC(n2cnc3cnc4ccc(C)cc4c32)CC1. The van der Waals surface area contributed by atoms with Crippen molar-refractivity contribution in [3.8, 4) is 0 Å². The van der Waals surface area contributed by atoms with Gasteiger partial charge in [0.05, 0.1) is 23.6 Å². The second kappa shape index (κ2) is 5.36. The molecule has 3 aromatic rings. The van der Waals surface area contributed by atoms with Crippen molar-refractivity contribution in [3.05, 3.63) is 36.3 Å². The van der Waals surface area contributed by atoms with Gasteiger partial charge in [-0.15, -0.1) is 0 Å². The van der Waals surface area contributed by atoms with Crippen LogP contribution >= 0.6 is 0 Å². The first-order valence-electron chi connectivity index (χ1n) is 8.20. The summed E-state index contributed by atoms with van der Waals surface area (Å²) >= 11 is 0. The van der Waals surface area contributed by atoms with Crippen LogP contribution in [-0.2, 0) is 0 Å². The molecule has 22 heavy (non-hydrogen) atoms. The Bertz CT molecular complexity index is 812. The fraction of sp³-hybridized carbons (Fsp3) is 0.444. The van der Waals surface area contributed by atoms with Gasteiger partial charge in [0, 0.05) is 24.5 Å². The second-order valence-corrected chi connectivity index (χ2v) is 6.33. The zero-order chi connectivity index (χ0) is 15.1. The summed E-state index contributed by atoms with van der Waals surface area (Å²) in [7, 11) is 0.